The topological polar surface area (TPSA) is 101 Å². The zero-order chi connectivity index (χ0) is 15.7. The van der Waals surface area contributed by atoms with E-state index in [4.69, 9.17) is 4.74 Å². The number of hydrogen-bond donors (Lipinski definition) is 1. The molecule has 2 saturated heterocycles. The van der Waals surface area contributed by atoms with Crippen LogP contribution in [-0.4, -0.2) is 60.7 Å². The second kappa shape index (κ2) is 5.90. The Kier molecular flexibility index (Phi) is 4.11. The van der Waals surface area contributed by atoms with Crippen LogP contribution in [0.1, 0.15) is 6.42 Å². The van der Waals surface area contributed by atoms with Crippen LogP contribution in [0.25, 0.3) is 0 Å². The van der Waals surface area contributed by atoms with Gasteiger partial charge in [0.2, 0.25) is 15.9 Å². The van der Waals surface area contributed by atoms with E-state index in [2.05, 4.69) is 15.3 Å². The highest BCUT2D eigenvalue weighted by Gasteiger charge is 2.46. The molecular weight excluding hydrogens is 308 g/mol. The number of carbonyl (C=O) groups is 1. The van der Waals surface area contributed by atoms with Gasteiger partial charge in [-0.3, -0.25) is 9.78 Å². The van der Waals surface area contributed by atoms with Crippen LogP contribution in [0.3, 0.4) is 0 Å². The highest BCUT2D eigenvalue weighted by atomic mass is 32.2. The Morgan fingerprint density at radius 1 is 1.45 bits per heavy atom. The monoisotopic (exact) mass is 326 g/mol. The van der Waals surface area contributed by atoms with Crippen molar-refractivity contribution in [2.45, 2.75) is 12.5 Å². The Labute approximate surface area is 128 Å². The first kappa shape index (κ1) is 15.3. The van der Waals surface area contributed by atoms with Crippen LogP contribution in [-0.2, 0) is 19.6 Å². The number of carbonyl (C=O) groups excluding carboxylic acids is 1. The van der Waals surface area contributed by atoms with Crippen LogP contribution in [0.5, 0.6) is 0 Å². The Morgan fingerprint density at radius 2 is 2.27 bits per heavy atom. The van der Waals surface area contributed by atoms with Crippen molar-refractivity contribution in [2.75, 3.05) is 31.3 Å². The molecule has 0 aromatic carbocycles. The minimum absolute atomic E-state index is 0.0217. The minimum Gasteiger partial charge on any atom is -0.376 e. The summed E-state index contributed by atoms with van der Waals surface area (Å²) in [6.07, 6.45) is 5.89. The molecule has 2 aliphatic rings. The van der Waals surface area contributed by atoms with Gasteiger partial charge in [0.1, 0.15) is 0 Å². The van der Waals surface area contributed by atoms with Crippen molar-refractivity contribution < 1.29 is 17.9 Å². The molecule has 8 nitrogen and oxygen atoms in total. The summed E-state index contributed by atoms with van der Waals surface area (Å²) in [5.74, 6) is 0.343. The molecule has 1 N–H and O–H groups in total. The molecule has 22 heavy (non-hydrogen) atoms. The van der Waals surface area contributed by atoms with Gasteiger partial charge in [-0.2, -0.15) is 4.31 Å². The number of rotatable bonds is 4. The van der Waals surface area contributed by atoms with Gasteiger partial charge in [0, 0.05) is 37.8 Å². The van der Waals surface area contributed by atoms with Gasteiger partial charge >= 0.3 is 0 Å². The van der Waals surface area contributed by atoms with Gasteiger partial charge in [-0.15, -0.1) is 0 Å². The van der Waals surface area contributed by atoms with Crippen molar-refractivity contribution >= 4 is 21.7 Å². The van der Waals surface area contributed by atoms with E-state index >= 15 is 0 Å². The van der Waals surface area contributed by atoms with Crippen LogP contribution in [0.4, 0.5) is 5.82 Å². The van der Waals surface area contributed by atoms with Crippen LogP contribution >= 0.6 is 0 Å². The first-order chi connectivity index (χ1) is 10.4. The SMILES string of the molecule is CS(=O)(=O)N1C[C@@H]2[C@H](CC(=O)Nc3cnccn3)CO[C@@H]2C1. The van der Waals surface area contributed by atoms with E-state index in [9.17, 15) is 13.2 Å². The molecule has 120 valence electrons. The highest BCUT2D eigenvalue weighted by molar-refractivity contribution is 7.88. The largest absolute Gasteiger partial charge is 0.376 e. The van der Waals surface area contributed by atoms with Crippen molar-refractivity contribution in [3.8, 4) is 0 Å². The zero-order valence-corrected chi connectivity index (χ0v) is 13.0. The van der Waals surface area contributed by atoms with E-state index < -0.39 is 10.0 Å². The molecule has 2 aliphatic heterocycles. The molecule has 3 atom stereocenters. The van der Waals surface area contributed by atoms with Gasteiger partial charge in [0.25, 0.3) is 0 Å². The Balaban J connectivity index is 1.59. The molecule has 3 heterocycles. The predicted octanol–water partition coefficient (Wildman–Crippen LogP) is -0.288. The van der Waals surface area contributed by atoms with Crippen LogP contribution < -0.4 is 5.32 Å². The second-order valence-electron chi connectivity index (χ2n) is 5.72. The number of sulfonamides is 1. The molecule has 3 rings (SSSR count). The summed E-state index contributed by atoms with van der Waals surface area (Å²) < 4.78 is 30.3. The summed E-state index contributed by atoms with van der Waals surface area (Å²) in [7, 11) is -3.21. The Morgan fingerprint density at radius 3 is 2.95 bits per heavy atom. The maximum absolute atomic E-state index is 12.1. The molecule has 9 heteroatoms. The molecule has 0 spiro atoms. The molecule has 1 amide bonds. The van der Waals surface area contributed by atoms with E-state index in [0.717, 1.165) is 0 Å². The lowest BCUT2D eigenvalue weighted by Crippen LogP contribution is -2.30. The number of nitrogens with zero attached hydrogens (tertiary/aromatic N) is 3. The van der Waals surface area contributed by atoms with Gasteiger partial charge in [-0.05, 0) is 5.92 Å². The Hall–Kier alpha value is -1.58. The molecule has 0 aliphatic carbocycles. The van der Waals surface area contributed by atoms with Crippen molar-refractivity contribution in [3.05, 3.63) is 18.6 Å². The quantitative estimate of drug-likeness (QED) is 0.816. The molecule has 0 bridgehead atoms. The lowest BCUT2D eigenvalue weighted by atomic mass is 9.90. The fraction of sp³-hybridized carbons (Fsp3) is 0.615. The first-order valence-corrected chi connectivity index (χ1v) is 8.91. The van der Waals surface area contributed by atoms with E-state index in [0.29, 0.717) is 25.5 Å². The van der Waals surface area contributed by atoms with Crippen molar-refractivity contribution in [3.63, 3.8) is 0 Å². The number of nitrogens with one attached hydrogen (secondary N) is 1. The number of amides is 1. The third-order valence-electron chi connectivity index (χ3n) is 4.15. The summed E-state index contributed by atoms with van der Waals surface area (Å²) in [5, 5.41) is 2.69. The van der Waals surface area contributed by atoms with Gasteiger partial charge in [0.05, 0.1) is 25.2 Å². The van der Waals surface area contributed by atoms with Crippen LogP contribution in [0, 0.1) is 11.8 Å². The van der Waals surface area contributed by atoms with E-state index in [-0.39, 0.29) is 30.3 Å². The highest BCUT2D eigenvalue weighted by Crippen LogP contribution is 2.36. The molecule has 1 aromatic rings. The summed E-state index contributed by atoms with van der Waals surface area (Å²) in [4.78, 5) is 19.9. The number of ether oxygens (including phenoxy) is 1. The number of anilines is 1. The average Bonchev–Trinajstić information content (AvgIpc) is 3.01. The third-order valence-corrected chi connectivity index (χ3v) is 5.39. The summed E-state index contributed by atoms with van der Waals surface area (Å²) in [6, 6.07) is 0. The molecule has 0 saturated carbocycles. The molecule has 0 radical (unpaired) electrons. The Bertz CT molecular complexity index is 651. The molecule has 1 aromatic heterocycles. The molecule has 0 unspecified atom stereocenters. The number of hydrogen-bond acceptors (Lipinski definition) is 6. The lowest BCUT2D eigenvalue weighted by molar-refractivity contribution is -0.117. The fourth-order valence-electron chi connectivity index (χ4n) is 3.04. The molecular formula is C13H18N4O4S. The third kappa shape index (κ3) is 3.26. The van der Waals surface area contributed by atoms with Crippen LogP contribution in [0.2, 0.25) is 0 Å². The number of fused-ring (bicyclic) bond motifs is 1. The van der Waals surface area contributed by atoms with Gasteiger partial charge in [0.15, 0.2) is 5.82 Å². The smallest absolute Gasteiger partial charge is 0.225 e. The summed E-state index contributed by atoms with van der Waals surface area (Å²) in [5.41, 5.74) is 0. The van der Waals surface area contributed by atoms with E-state index in [1.807, 2.05) is 0 Å². The maximum atomic E-state index is 12.1. The summed E-state index contributed by atoms with van der Waals surface area (Å²) >= 11 is 0. The average molecular weight is 326 g/mol. The number of aromatic nitrogens is 2. The van der Waals surface area contributed by atoms with Crippen LogP contribution in [0.15, 0.2) is 18.6 Å². The standard InChI is InChI=1S/C13H18N4O4S/c1-22(19,20)17-6-10-9(8-21-11(10)7-17)4-13(18)16-12-5-14-2-3-15-12/h2-3,5,9-11H,4,6-8H2,1H3,(H,15,16,18)/t9-,10-,11-/m1/s1. The second-order valence-corrected chi connectivity index (χ2v) is 7.70. The maximum Gasteiger partial charge on any atom is 0.225 e. The first-order valence-electron chi connectivity index (χ1n) is 7.06. The van der Waals surface area contributed by atoms with Gasteiger partial charge in [-0.1, -0.05) is 0 Å². The van der Waals surface area contributed by atoms with Crippen molar-refractivity contribution in [1.82, 2.24) is 14.3 Å². The van der Waals surface area contributed by atoms with Crippen molar-refractivity contribution in [1.29, 1.82) is 0 Å². The molecule has 2 fully saturated rings. The van der Waals surface area contributed by atoms with E-state index in [1.54, 1.807) is 0 Å². The van der Waals surface area contributed by atoms with Gasteiger partial charge in [-0.25, -0.2) is 13.4 Å². The van der Waals surface area contributed by atoms with Gasteiger partial charge < -0.3 is 10.1 Å². The minimum atomic E-state index is -3.21. The fourth-order valence-corrected chi connectivity index (χ4v) is 3.90. The predicted molar refractivity (Wildman–Crippen MR) is 78.4 cm³/mol. The summed E-state index contributed by atoms with van der Waals surface area (Å²) in [6.45, 7) is 1.29. The van der Waals surface area contributed by atoms with E-state index in [1.165, 1.54) is 29.2 Å². The lowest BCUT2D eigenvalue weighted by Gasteiger charge is -2.17. The van der Waals surface area contributed by atoms with Crippen molar-refractivity contribution in [2.24, 2.45) is 11.8 Å². The zero-order valence-electron chi connectivity index (χ0n) is 12.2. The normalized spacial score (nSPS) is 28.5.